The van der Waals surface area contributed by atoms with Gasteiger partial charge in [-0.05, 0) is 43.5 Å². The van der Waals surface area contributed by atoms with Crippen LogP contribution in [-0.2, 0) is 4.74 Å². The average molecular weight is 323 g/mol. The lowest BCUT2D eigenvalue weighted by Gasteiger charge is -2.24. The molecule has 3 heterocycles. The molecular weight excluding hydrogens is 306 g/mol. The predicted molar refractivity (Wildman–Crippen MR) is 88.8 cm³/mol. The van der Waals surface area contributed by atoms with Gasteiger partial charge in [0.1, 0.15) is 0 Å². The minimum Gasteiger partial charge on any atom is -0.478 e. The Kier molecular flexibility index (Phi) is 3.74. The number of fused-ring (bicyclic) bond motifs is 1. The third-order valence-corrected chi connectivity index (χ3v) is 4.37. The Hall–Kier alpha value is -2.73. The van der Waals surface area contributed by atoms with Crippen LogP contribution in [0.4, 0.5) is 0 Å². The molecule has 1 unspecified atom stereocenters. The fourth-order valence-corrected chi connectivity index (χ4v) is 3.18. The number of pyridine rings is 1. The van der Waals surface area contributed by atoms with Gasteiger partial charge in [0.25, 0.3) is 0 Å². The van der Waals surface area contributed by atoms with E-state index < -0.39 is 5.97 Å². The van der Waals surface area contributed by atoms with Crippen LogP contribution in [-0.4, -0.2) is 32.4 Å². The number of carboxylic acid groups (broad SMARTS) is 1. The van der Waals surface area contributed by atoms with Crippen LogP contribution in [0.3, 0.4) is 0 Å². The number of hydrogen-bond donors (Lipinski definition) is 1. The van der Waals surface area contributed by atoms with Crippen LogP contribution in [0.1, 0.15) is 35.8 Å². The Morgan fingerprint density at radius 1 is 1.21 bits per heavy atom. The van der Waals surface area contributed by atoms with Crippen molar-refractivity contribution < 1.29 is 14.6 Å². The standard InChI is InChI=1S/C18H17N3O3/c22-18(23)13-6-8-19-15-5-4-12(11-14(13)15)16-7-9-20-21(16)17-3-1-2-10-24-17/h4-9,11,17H,1-3,10H2,(H,22,23). The number of nitrogens with zero attached hydrogens (tertiary/aromatic N) is 3. The van der Waals surface area contributed by atoms with Crippen LogP contribution in [0.5, 0.6) is 0 Å². The molecule has 0 bridgehead atoms. The molecule has 1 aliphatic rings. The first kappa shape index (κ1) is 14.8. The van der Waals surface area contributed by atoms with Crippen molar-refractivity contribution in [2.75, 3.05) is 6.61 Å². The highest BCUT2D eigenvalue weighted by molar-refractivity contribution is 6.03. The van der Waals surface area contributed by atoms with Gasteiger partial charge >= 0.3 is 5.97 Å². The summed E-state index contributed by atoms with van der Waals surface area (Å²) in [5, 5.41) is 14.4. The first-order valence-electron chi connectivity index (χ1n) is 8.01. The molecule has 0 aliphatic carbocycles. The van der Waals surface area contributed by atoms with Crippen molar-refractivity contribution >= 4 is 16.9 Å². The molecule has 122 valence electrons. The summed E-state index contributed by atoms with van der Waals surface area (Å²) in [5.41, 5.74) is 2.74. The minimum absolute atomic E-state index is 0.0627. The van der Waals surface area contributed by atoms with Crippen molar-refractivity contribution in [1.29, 1.82) is 0 Å². The molecule has 4 rings (SSSR count). The Balaban J connectivity index is 1.81. The third kappa shape index (κ3) is 2.55. The van der Waals surface area contributed by atoms with Gasteiger partial charge in [0, 0.05) is 30.0 Å². The number of benzene rings is 1. The smallest absolute Gasteiger partial charge is 0.336 e. The lowest BCUT2D eigenvalue weighted by molar-refractivity contribution is -0.0383. The van der Waals surface area contributed by atoms with Crippen LogP contribution in [0.2, 0.25) is 0 Å². The van der Waals surface area contributed by atoms with E-state index in [4.69, 9.17) is 4.74 Å². The first-order valence-corrected chi connectivity index (χ1v) is 8.01. The second-order valence-electron chi connectivity index (χ2n) is 5.88. The third-order valence-electron chi connectivity index (χ3n) is 4.37. The van der Waals surface area contributed by atoms with E-state index in [9.17, 15) is 9.90 Å². The molecule has 1 atom stereocenters. The largest absolute Gasteiger partial charge is 0.478 e. The second-order valence-corrected chi connectivity index (χ2v) is 5.88. The lowest BCUT2D eigenvalue weighted by Crippen LogP contribution is -2.19. The Morgan fingerprint density at radius 2 is 2.12 bits per heavy atom. The quantitative estimate of drug-likeness (QED) is 0.798. The molecule has 0 amide bonds. The molecule has 6 nitrogen and oxygen atoms in total. The van der Waals surface area contributed by atoms with Crippen LogP contribution in [0.15, 0.2) is 42.7 Å². The molecule has 1 N–H and O–H groups in total. The van der Waals surface area contributed by atoms with Crippen molar-refractivity contribution in [3.8, 4) is 11.3 Å². The summed E-state index contributed by atoms with van der Waals surface area (Å²) < 4.78 is 7.71. The van der Waals surface area contributed by atoms with Gasteiger partial charge in [-0.2, -0.15) is 5.10 Å². The fraction of sp³-hybridized carbons (Fsp3) is 0.278. The summed E-state index contributed by atoms with van der Waals surface area (Å²) >= 11 is 0. The van der Waals surface area contributed by atoms with Gasteiger partial charge in [-0.1, -0.05) is 6.07 Å². The van der Waals surface area contributed by atoms with Gasteiger partial charge in [-0.15, -0.1) is 0 Å². The molecule has 0 saturated carbocycles. The topological polar surface area (TPSA) is 77.2 Å². The van der Waals surface area contributed by atoms with E-state index in [0.717, 1.165) is 37.1 Å². The van der Waals surface area contributed by atoms with Crippen LogP contribution < -0.4 is 0 Å². The predicted octanol–water partition coefficient (Wildman–Crippen LogP) is 3.50. The summed E-state index contributed by atoms with van der Waals surface area (Å²) in [6.07, 6.45) is 6.34. The maximum atomic E-state index is 11.5. The van der Waals surface area contributed by atoms with Gasteiger partial charge in [-0.3, -0.25) is 4.98 Å². The molecule has 3 aromatic rings. The zero-order chi connectivity index (χ0) is 16.5. The molecule has 1 aliphatic heterocycles. The van der Waals surface area contributed by atoms with Crippen molar-refractivity contribution in [3.05, 3.63) is 48.3 Å². The Labute approximate surface area is 138 Å². The SMILES string of the molecule is O=C(O)c1ccnc2ccc(-c3ccnn3C3CCCCO3)cc12. The zero-order valence-electron chi connectivity index (χ0n) is 13.1. The summed E-state index contributed by atoms with van der Waals surface area (Å²) in [7, 11) is 0. The maximum Gasteiger partial charge on any atom is 0.336 e. The highest BCUT2D eigenvalue weighted by atomic mass is 16.5. The summed E-state index contributed by atoms with van der Waals surface area (Å²) in [6, 6.07) is 9.10. The number of hydrogen-bond acceptors (Lipinski definition) is 4. The lowest BCUT2D eigenvalue weighted by atomic mass is 10.0. The van der Waals surface area contributed by atoms with E-state index in [1.165, 1.54) is 12.3 Å². The second kappa shape index (κ2) is 6.05. The molecule has 1 saturated heterocycles. The minimum atomic E-state index is -0.955. The van der Waals surface area contributed by atoms with Crippen LogP contribution in [0.25, 0.3) is 22.2 Å². The van der Waals surface area contributed by atoms with Gasteiger partial charge in [0.05, 0.1) is 16.8 Å². The number of carboxylic acids is 1. The zero-order valence-corrected chi connectivity index (χ0v) is 13.1. The monoisotopic (exact) mass is 323 g/mol. The normalized spacial score (nSPS) is 17.9. The van der Waals surface area contributed by atoms with E-state index in [0.29, 0.717) is 10.9 Å². The number of aromatic nitrogens is 3. The van der Waals surface area contributed by atoms with Gasteiger partial charge in [0.15, 0.2) is 6.23 Å². The molecule has 0 spiro atoms. The highest BCUT2D eigenvalue weighted by Crippen LogP contribution is 2.30. The number of carbonyl (C=O) groups is 1. The van der Waals surface area contributed by atoms with Crippen LogP contribution in [0, 0.1) is 0 Å². The van der Waals surface area contributed by atoms with E-state index in [-0.39, 0.29) is 11.8 Å². The molecular formula is C18H17N3O3. The van der Waals surface area contributed by atoms with Crippen molar-refractivity contribution in [3.63, 3.8) is 0 Å². The average Bonchev–Trinajstić information content (AvgIpc) is 3.11. The molecule has 1 aromatic carbocycles. The molecule has 24 heavy (non-hydrogen) atoms. The molecule has 6 heteroatoms. The van der Waals surface area contributed by atoms with Crippen LogP contribution >= 0.6 is 0 Å². The summed E-state index contributed by atoms with van der Waals surface area (Å²) in [4.78, 5) is 15.7. The fourth-order valence-electron chi connectivity index (χ4n) is 3.18. The molecule has 2 aromatic heterocycles. The maximum absolute atomic E-state index is 11.5. The number of rotatable bonds is 3. The first-order chi connectivity index (χ1) is 11.7. The van der Waals surface area contributed by atoms with E-state index >= 15 is 0 Å². The molecule has 0 radical (unpaired) electrons. The summed E-state index contributed by atoms with van der Waals surface area (Å²) in [5.74, 6) is -0.955. The highest BCUT2D eigenvalue weighted by Gasteiger charge is 2.20. The van der Waals surface area contributed by atoms with Crippen molar-refractivity contribution in [2.45, 2.75) is 25.5 Å². The van der Waals surface area contributed by atoms with E-state index in [1.807, 2.05) is 28.9 Å². The van der Waals surface area contributed by atoms with Gasteiger partial charge < -0.3 is 9.84 Å². The van der Waals surface area contributed by atoms with Crippen molar-refractivity contribution in [1.82, 2.24) is 14.8 Å². The van der Waals surface area contributed by atoms with Crippen molar-refractivity contribution in [2.24, 2.45) is 0 Å². The number of ether oxygens (including phenoxy) is 1. The van der Waals surface area contributed by atoms with Gasteiger partial charge in [-0.25, -0.2) is 9.48 Å². The van der Waals surface area contributed by atoms with E-state index in [1.54, 1.807) is 6.20 Å². The number of aromatic carboxylic acids is 1. The van der Waals surface area contributed by atoms with E-state index in [2.05, 4.69) is 10.1 Å². The van der Waals surface area contributed by atoms with Gasteiger partial charge in [0.2, 0.25) is 0 Å². The Bertz CT molecular complexity index is 897. The molecule has 1 fully saturated rings. The summed E-state index contributed by atoms with van der Waals surface area (Å²) in [6.45, 7) is 0.745. The Morgan fingerprint density at radius 3 is 2.92 bits per heavy atom.